The van der Waals surface area contributed by atoms with Crippen molar-refractivity contribution in [3.63, 3.8) is 0 Å². The maximum Gasteiger partial charge on any atom is 0.333 e. The average molecular weight is 1140 g/mol. The molecule has 26 nitrogen and oxygen atoms in total. The lowest BCUT2D eigenvalue weighted by Crippen LogP contribution is -2.66. The van der Waals surface area contributed by atoms with Crippen LogP contribution >= 0.6 is 0 Å². The Kier molecular flexibility index (Phi) is 24.1. The quantitative estimate of drug-likeness (QED) is 0.0236. The van der Waals surface area contributed by atoms with Gasteiger partial charge in [0.1, 0.15) is 67.1 Å². The Labute approximate surface area is 459 Å². The third-order valence-corrected chi connectivity index (χ3v) is 14.6. The summed E-state index contributed by atoms with van der Waals surface area (Å²) in [6, 6.07) is 0. The van der Waals surface area contributed by atoms with E-state index < -0.39 is 189 Å². The number of carbonyl (C=O) groups is 3. The van der Waals surface area contributed by atoms with Crippen LogP contribution in [0.4, 0.5) is 0 Å². The maximum absolute atomic E-state index is 13.9. The van der Waals surface area contributed by atoms with Gasteiger partial charge in [-0.05, 0) is 67.2 Å². The zero-order valence-electron chi connectivity index (χ0n) is 46.1. The largest absolute Gasteiger partial charge is 0.453 e. The highest BCUT2D eigenvalue weighted by Crippen LogP contribution is 2.36. The van der Waals surface area contributed by atoms with Gasteiger partial charge in [0.2, 0.25) is 6.29 Å². The van der Waals surface area contributed by atoms with Gasteiger partial charge in [0.15, 0.2) is 43.5 Å². The molecular weight excluding hydrogens is 1050 g/mol. The molecule has 79 heavy (non-hydrogen) atoms. The van der Waals surface area contributed by atoms with Crippen LogP contribution < -0.4 is 0 Å². The van der Waals surface area contributed by atoms with Gasteiger partial charge in [0, 0.05) is 17.1 Å². The number of aliphatic hydroxyl groups excluding tert-OH is 9. The second-order valence-corrected chi connectivity index (χ2v) is 21.8. The highest BCUT2D eigenvalue weighted by atomic mass is 16.8. The highest BCUT2D eigenvalue weighted by molar-refractivity contribution is 5.88. The summed E-state index contributed by atoms with van der Waals surface area (Å²) in [6.45, 7) is 19.2. The van der Waals surface area contributed by atoms with Crippen LogP contribution in [0.15, 0.2) is 48.6 Å². The van der Waals surface area contributed by atoms with Crippen LogP contribution in [-0.2, 0) is 71.2 Å². The zero-order chi connectivity index (χ0) is 59.0. The van der Waals surface area contributed by atoms with Crippen LogP contribution in [0, 0.1) is 11.8 Å². The Morgan fingerprint density at radius 1 is 0.557 bits per heavy atom. The van der Waals surface area contributed by atoms with E-state index in [1.165, 1.54) is 79.7 Å². The Morgan fingerprint density at radius 3 is 1.62 bits per heavy atom. The molecule has 5 aliphatic heterocycles. The number of carbonyl (C=O) groups excluding carboxylic acids is 3. The van der Waals surface area contributed by atoms with Crippen molar-refractivity contribution in [2.24, 2.45) is 11.8 Å². The summed E-state index contributed by atoms with van der Waals surface area (Å²) in [5.74, 6) is -4.15. The maximum atomic E-state index is 13.9. The second kappa shape index (κ2) is 28.7. The van der Waals surface area contributed by atoms with E-state index in [1.807, 2.05) is 0 Å². The van der Waals surface area contributed by atoms with Gasteiger partial charge >= 0.3 is 17.9 Å². The first-order valence-corrected chi connectivity index (χ1v) is 26.5. The van der Waals surface area contributed by atoms with Crippen LogP contribution in [-0.4, -0.2) is 240 Å². The summed E-state index contributed by atoms with van der Waals surface area (Å²) < 4.78 is 70.2. The number of hydrogen-bond donors (Lipinski definition) is 11. The van der Waals surface area contributed by atoms with Crippen molar-refractivity contribution in [1.29, 1.82) is 0 Å². The molecule has 25 unspecified atom stereocenters. The number of esters is 3. The predicted octanol–water partition coefficient (Wildman–Crippen LogP) is -1.68. The normalized spacial score (nSPS) is 41.1. The Balaban J connectivity index is 1.40. The molecule has 0 spiro atoms. The van der Waals surface area contributed by atoms with Gasteiger partial charge < -0.3 is 113 Å². The number of allylic oxidation sites excluding steroid dienone is 2. The minimum atomic E-state index is -2.07. The second-order valence-electron chi connectivity index (χ2n) is 21.8. The van der Waals surface area contributed by atoms with Crippen LogP contribution in [0.2, 0.25) is 0 Å². The average Bonchev–Trinajstić information content (AvgIpc) is 3.44. The summed E-state index contributed by atoms with van der Waals surface area (Å²) in [7, 11) is 0. The fourth-order valence-corrected chi connectivity index (χ4v) is 8.96. The summed E-state index contributed by atoms with van der Waals surface area (Å²) >= 11 is 0. The van der Waals surface area contributed by atoms with E-state index in [4.69, 9.17) is 56.8 Å². The molecule has 0 aromatic rings. The van der Waals surface area contributed by atoms with Gasteiger partial charge in [0.05, 0.1) is 55.3 Å². The number of aliphatic hydroxyl groups is 11. The summed E-state index contributed by atoms with van der Waals surface area (Å²) in [5, 5.41) is 121. The van der Waals surface area contributed by atoms with Crippen LogP contribution in [0.25, 0.3) is 0 Å². The Bertz CT molecular complexity index is 2080. The molecule has 5 rings (SSSR count). The lowest BCUT2D eigenvalue weighted by Gasteiger charge is -2.48. The summed E-state index contributed by atoms with van der Waals surface area (Å²) in [5.41, 5.74) is -2.45. The molecule has 0 aromatic heterocycles. The predicted molar refractivity (Wildman–Crippen MR) is 269 cm³/mol. The van der Waals surface area contributed by atoms with E-state index >= 15 is 0 Å². The first kappa shape index (κ1) is 66.4. The van der Waals surface area contributed by atoms with Gasteiger partial charge in [0.25, 0.3) is 0 Å². The molecule has 26 heteroatoms. The van der Waals surface area contributed by atoms with Crippen molar-refractivity contribution in [3.05, 3.63) is 48.6 Å². The van der Waals surface area contributed by atoms with Gasteiger partial charge in [-0.25, -0.2) is 9.59 Å². The van der Waals surface area contributed by atoms with E-state index in [-0.39, 0.29) is 43.4 Å². The van der Waals surface area contributed by atoms with Crippen molar-refractivity contribution in [2.45, 2.75) is 234 Å². The SMILES string of the molecule is C=CC(C)(O)CC/C=C(\C)C(=O)OC1C(OCC2OC(OC(=O)C(C)C)C(OC3OC(C)C(OC4OCC(O)C(OC5OCC(C)C(O)C5O)C4O)C(O)C3O)C(OC(=O)/C(C)=C/CCC(C)(O)C=C)C2O)OC(C)C(O)C1O. The molecule has 0 bridgehead atoms. The molecule has 5 heterocycles. The first-order valence-electron chi connectivity index (χ1n) is 26.5. The van der Waals surface area contributed by atoms with E-state index in [0.717, 1.165) is 0 Å². The fraction of sp³-hybridized carbons (Fsp3) is 0.792. The number of hydrogen-bond acceptors (Lipinski definition) is 26. The van der Waals surface area contributed by atoms with Gasteiger partial charge in [-0.2, -0.15) is 0 Å². The van der Waals surface area contributed by atoms with E-state index in [9.17, 15) is 70.6 Å². The molecular formula is C53H84O26. The van der Waals surface area contributed by atoms with Gasteiger partial charge in [-0.3, -0.25) is 4.79 Å². The molecule has 11 N–H and O–H groups in total. The summed E-state index contributed by atoms with van der Waals surface area (Å²) in [6.07, 6.45) is -30.3. The third-order valence-electron chi connectivity index (χ3n) is 14.6. The molecule has 0 radical (unpaired) electrons. The Morgan fingerprint density at radius 2 is 1.05 bits per heavy atom. The molecule has 0 saturated carbocycles. The fourth-order valence-electron chi connectivity index (χ4n) is 8.96. The van der Waals surface area contributed by atoms with E-state index in [0.29, 0.717) is 0 Å². The highest BCUT2D eigenvalue weighted by Gasteiger charge is 2.56. The van der Waals surface area contributed by atoms with E-state index in [1.54, 1.807) is 6.92 Å². The lowest BCUT2D eigenvalue weighted by atomic mass is 9.96. The van der Waals surface area contributed by atoms with Crippen molar-refractivity contribution >= 4 is 17.9 Å². The molecule has 0 amide bonds. The molecule has 0 aromatic carbocycles. The minimum Gasteiger partial charge on any atom is -0.453 e. The van der Waals surface area contributed by atoms with Crippen LogP contribution in [0.5, 0.6) is 0 Å². The summed E-state index contributed by atoms with van der Waals surface area (Å²) in [4.78, 5) is 40.7. The van der Waals surface area contributed by atoms with E-state index in [2.05, 4.69) is 13.2 Å². The van der Waals surface area contributed by atoms with Gasteiger partial charge in [-0.15, -0.1) is 13.2 Å². The van der Waals surface area contributed by atoms with Gasteiger partial charge in [-0.1, -0.05) is 45.1 Å². The van der Waals surface area contributed by atoms with Crippen LogP contribution in [0.3, 0.4) is 0 Å². The number of rotatable bonds is 23. The standard InChI is InChI=1S/C53H84O26/c1-12-52(10,66)18-14-16-24(5)45(64)74-41-33(57)30(22-70-50-42(34(58)32(56)27(8)71-50)75-46(65)25(6)17-15-19-53(11,67)13-2)73-51(79-44(63)23(3)4)43(41)78-49-37(61)35(59)39(28(9)72-49)76-48-38(62)40(29(54)21-69-48)77-47-36(60)31(55)26(7)20-68-47/h12-13,16-17,23,26-43,47-51,54-62,66-67H,1-2,14-15,18-22H2,3-11H3/b24-16+,25-17+. The van der Waals surface area contributed by atoms with Crippen LogP contribution in [0.1, 0.15) is 88.0 Å². The molecule has 452 valence electrons. The molecule has 25 atom stereocenters. The smallest absolute Gasteiger partial charge is 0.333 e. The third kappa shape index (κ3) is 17.1. The number of ether oxygens (including phenoxy) is 12. The lowest BCUT2D eigenvalue weighted by molar-refractivity contribution is -0.380. The molecule has 5 saturated heterocycles. The Hall–Kier alpha value is -3.43. The first-order chi connectivity index (χ1) is 36.9. The molecule has 5 aliphatic rings. The van der Waals surface area contributed by atoms with Crippen molar-refractivity contribution in [2.75, 3.05) is 19.8 Å². The monoisotopic (exact) mass is 1140 g/mol. The van der Waals surface area contributed by atoms with Crippen molar-refractivity contribution in [1.82, 2.24) is 0 Å². The topological polar surface area (TPSA) is 385 Å². The zero-order valence-corrected chi connectivity index (χ0v) is 46.1. The minimum absolute atomic E-state index is 0.0104. The molecule has 5 fully saturated rings. The van der Waals surface area contributed by atoms with Crippen molar-refractivity contribution < 1.29 is 127 Å². The molecule has 0 aliphatic carbocycles. The van der Waals surface area contributed by atoms with Crippen molar-refractivity contribution in [3.8, 4) is 0 Å².